The third kappa shape index (κ3) is 3.72. The first-order valence-electron chi connectivity index (χ1n) is 9.32. The van der Waals surface area contributed by atoms with E-state index >= 15 is 0 Å². The zero-order valence-electron chi connectivity index (χ0n) is 15.5. The number of furan rings is 1. The van der Waals surface area contributed by atoms with Gasteiger partial charge < -0.3 is 19.4 Å². The van der Waals surface area contributed by atoms with Gasteiger partial charge in [0.1, 0.15) is 5.82 Å². The number of hydrogen-bond acceptors (Lipinski definition) is 7. The van der Waals surface area contributed by atoms with Crippen LogP contribution >= 0.6 is 11.3 Å². The molecule has 1 N–H and O–H groups in total. The molecule has 1 amide bonds. The number of nitrogens with one attached hydrogen (secondary N) is 1. The highest BCUT2D eigenvalue weighted by Gasteiger charge is 2.16. The molecule has 0 bridgehead atoms. The predicted molar refractivity (Wildman–Crippen MR) is 113 cm³/mol. The molecular weight excluding hydrogens is 388 g/mol. The maximum Gasteiger partial charge on any atom is 0.291 e. The molecule has 8 heteroatoms. The third-order valence-electron chi connectivity index (χ3n) is 4.68. The van der Waals surface area contributed by atoms with Gasteiger partial charge in [0.15, 0.2) is 16.5 Å². The number of anilines is 2. The summed E-state index contributed by atoms with van der Waals surface area (Å²) in [6, 6.07) is 15.1. The molecule has 0 radical (unpaired) electrons. The summed E-state index contributed by atoms with van der Waals surface area (Å²) in [4.78, 5) is 23.7. The number of fused-ring (bicyclic) bond motifs is 1. The lowest BCUT2D eigenvalue weighted by molar-refractivity contribution is 0.0997. The monoisotopic (exact) mass is 406 g/mol. The zero-order valence-corrected chi connectivity index (χ0v) is 16.3. The molecule has 146 valence electrons. The number of morpholine rings is 1. The predicted octanol–water partition coefficient (Wildman–Crippen LogP) is 4.04. The van der Waals surface area contributed by atoms with Crippen LogP contribution < -0.4 is 10.2 Å². The second-order valence-electron chi connectivity index (χ2n) is 6.61. The second-order valence-corrected chi connectivity index (χ2v) is 7.64. The number of amides is 1. The van der Waals surface area contributed by atoms with Crippen LogP contribution in [0, 0.1) is 0 Å². The number of hydrogen-bond donors (Lipinski definition) is 1. The van der Waals surface area contributed by atoms with Crippen molar-refractivity contribution in [3.63, 3.8) is 0 Å². The van der Waals surface area contributed by atoms with E-state index in [0.717, 1.165) is 34.1 Å². The minimum absolute atomic E-state index is 0.233. The Labute approximate surface area is 171 Å². The van der Waals surface area contributed by atoms with E-state index in [2.05, 4.69) is 20.2 Å². The summed E-state index contributed by atoms with van der Waals surface area (Å²) in [6.45, 7) is 3.05. The molecule has 0 atom stereocenters. The number of carbonyl (C=O) groups excluding carboxylic acids is 1. The summed E-state index contributed by atoms with van der Waals surface area (Å²) in [5.74, 6) is 1.37. The molecule has 4 aromatic rings. The van der Waals surface area contributed by atoms with E-state index in [4.69, 9.17) is 9.15 Å². The van der Waals surface area contributed by atoms with Crippen LogP contribution in [0.2, 0.25) is 0 Å². The molecular formula is C21H18N4O3S. The first-order chi connectivity index (χ1) is 14.3. The fourth-order valence-corrected chi connectivity index (χ4v) is 4.11. The van der Waals surface area contributed by atoms with Crippen molar-refractivity contribution in [1.82, 2.24) is 9.97 Å². The lowest BCUT2D eigenvalue weighted by atomic mass is 10.3. The molecule has 4 heterocycles. The Morgan fingerprint density at radius 3 is 2.72 bits per heavy atom. The first kappa shape index (κ1) is 17.8. The average molecular weight is 406 g/mol. The molecule has 7 nitrogen and oxygen atoms in total. The minimum atomic E-state index is -0.321. The van der Waals surface area contributed by atoms with Gasteiger partial charge in [-0.1, -0.05) is 12.1 Å². The normalized spacial score (nSPS) is 14.3. The van der Waals surface area contributed by atoms with Gasteiger partial charge in [0, 0.05) is 13.1 Å². The summed E-state index contributed by atoms with van der Waals surface area (Å²) < 4.78 is 12.2. The van der Waals surface area contributed by atoms with Crippen molar-refractivity contribution in [2.45, 2.75) is 0 Å². The van der Waals surface area contributed by atoms with Crippen molar-refractivity contribution in [1.29, 1.82) is 0 Å². The number of nitrogens with zero attached hydrogens (tertiary/aromatic N) is 3. The van der Waals surface area contributed by atoms with E-state index in [-0.39, 0.29) is 11.7 Å². The molecule has 29 heavy (non-hydrogen) atoms. The standard InChI is InChI=1S/C21H18N4O3S/c26-20(23-14-5-8-19(22-13-14)25-9-11-27-12-10-25)16-6-7-17(28-16)21-24-15-3-1-2-4-18(15)29-21/h1-8,13H,9-12H2,(H,23,26). The molecule has 0 unspecified atom stereocenters. The summed E-state index contributed by atoms with van der Waals surface area (Å²) >= 11 is 1.53. The highest BCUT2D eigenvalue weighted by atomic mass is 32.1. The van der Waals surface area contributed by atoms with Crippen LogP contribution in [0.5, 0.6) is 0 Å². The maximum absolute atomic E-state index is 12.5. The summed E-state index contributed by atoms with van der Waals surface area (Å²) in [5.41, 5.74) is 1.53. The van der Waals surface area contributed by atoms with Crippen molar-refractivity contribution in [2.24, 2.45) is 0 Å². The van der Waals surface area contributed by atoms with Crippen molar-refractivity contribution in [3.05, 3.63) is 60.5 Å². The number of rotatable bonds is 4. The van der Waals surface area contributed by atoms with Gasteiger partial charge in [0.25, 0.3) is 5.91 Å². The topological polar surface area (TPSA) is 80.5 Å². The Kier molecular flexibility index (Phi) is 4.71. The Bertz CT molecular complexity index is 1110. The molecule has 0 spiro atoms. The summed E-state index contributed by atoms with van der Waals surface area (Å²) in [7, 11) is 0. The van der Waals surface area contributed by atoms with Crippen molar-refractivity contribution in [2.75, 3.05) is 36.5 Å². The van der Waals surface area contributed by atoms with E-state index in [9.17, 15) is 4.79 Å². The molecule has 1 aromatic carbocycles. The van der Waals surface area contributed by atoms with Gasteiger partial charge >= 0.3 is 0 Å². The minimum Gasteiger partial charge on any atom is -0.448 e. The molecule has 0 saturated carbocycles. The molecule has 0 aliphatic carbocycles. The Morgan fingerprint density at radius 2 is 1.93 bits per heavy atom. The number of benzene rings is 1. The molecule has 3 aromatic heterocycles. The van der Waals surface area contributed by atoms with Crippen molar-refractivity contribution < 1.29 is 13.9 Å². The van der Waals surface area contributed by atoms with E-state index in [1.54, 1.807) is 18.3 Å². The van der Waals surface area contributed by atoms with Crippen molar-refractivity contribution >= 4 is 39.0 Å². The number of carbonyl (C=O) groups is 1. The fraction of sp³-hybridized carbons (Fsp3) is 0.190. The lowest BCUT2D eigenvalue weighted by Crippen LogP contribution is -2.36. The number of para-hydroxylation sites is 1. The Hall–Kier alpha value is -3.23. The molecule has 1 saturated heterocycles. The Balaban J connectivity index is 1.28. The quantitative estimate of drug-likeness (QED) is 0.551. The van der Waals surface area contributed by atoms with Crippen LogP contribution in [-0.2, 0) is 4.74 Å². The molecule has 1 aliphatic heterocycles. The SMILES string of the molecule is O=C(Nc1ccc(N2CCOCC2)nc1)c1ccc(-c2nc3ccccc3s2)o1. The van der Waals surface area contributed by atoms with E-state index in [0.29, 0.717) is 24.7 Å². The smallest absolute Gasteiger partial charge is 0.291 e. The number of pyridine rings is 1. The van der Waals surface area contributed by atoms with E-state index in [1.807, 2.05) is 36.4 Å². The van der Waals surface area contributed by atoms with Gasteiger partial charge in [-0.05, 0) is 36.4 Å². The summed E-state index contributed by atoms with van der Waals surface area (Å²) in [5, 5.41) is 3.58. The molecule has 1 fully saturated rings. The van der Waals surface area contributed by atoms with Crippen LogP contribution in [0.15, 0.2) is 59.1 Å². The average Bonchev–Trinajstić information content (AvgIpc) is 3.42. The fourth-order valence-electron chi connectivity index (χ4n) is 3.18. The second kappa shape index (κ2) is 7.65. The van der Waals surface area contributed by atoms with E-state index in [1.165, 1.54) is 11.3 Å². The molecule has 1 aliphatic rings. The van der Waals surface area contributed by atoms with Crippen LogP contribution in [0.1, 0.15) is 10.6 Å². The zero-order chi connectivity index (χ0) is 19.6. The first-order valence-corrected chi connectivity index (χ1v) is 10.1. The highest BCUT2D eigenvalue weighted by molar-refractivity contribution is 7.21. The van der Waals surface area contributed by atoms with Crippen LogP contribution in [0.3, 0.4) is 0 Å². The number of ether oxygens (including phenoxy) is 1. The lowest BCUT2D eigenvalue weighted by Gasteiger charge is -2.27. The van der Waals surface area contributed by atoms with E-state index < -0.39 is 0 Å². The number of thiazole rings is 1. The van der Waals surface area contributed by atoms with Gasteiger partial charge in [-0.25, -0.2) is 9.97 Å². The van der Waals surface area contributed by atoms with Crippen LogP contribution in [0.4, 0.5) is 11.5 Å². The largest absolute Gasteiger partial charge is 0.448 e. The van der Waals surface area contributed by atoms with Gasteiger partial charge in [0.05, 0.1) is 35.3 Å². The number of aromatic nitrogens is 2. The maximum atomic E-state index is 12.5. The summed E-state index contributed by atoms with van der Waals surface area (Å²) in [6.07, 6.45) is 1.65. The van der Waals surface area contributed by atoms with Crippen LogP contribution in [-0.4, -0.2) is 42.2 Å². The van der Waals surface area contributed by atoms with Gasteiger partial charge in [0.2, 0.25) is 0 Å². The van der Waals surface area contributed by atoms with Gasteiger partial charge in [-0.15, -0.1) is 11.3 Å². The highest BCUT2D eigenvalue weighted by Crippen LogP contribution is 2.31. The van der Waals surface area contributed by atoms with Crippen molar-refractivity contribution in [3.8, 4) is 10.8 Å². The Morgan fingerprint density at radius 1 is 1.07 bits per heavy atom. The van der Waals surface area contributed by atoms with Gasteiger partial charge in [-0.3, -0.25) is 4.79 Å². The van der Waals surface area contributed by atoms with Crippen LogP contribution in [0.25, 0.3) is 21.0 Å². The molecule has 5 rings (SSSR count). The van der Waals surface area contributed by atoms with Gasteiger partial charge in [-0.2, -0.15) is 0 Å². The third-order valence-corrected chi connectivity index (χ3v) is 5.73.